The average molecular weight is 370 g/mol. The summed E-state index contributed by atoms with van der Waals surface area (Å²) in [5.41, 5.74) is 4.35. The summed E-state index contributed by atoms with van der Waals surface area (Å²) in [5, 5.41) is 11.4. The van der Waals surface area contributed by atoms with Gasteiger partial charge in [0.25, 0.3) is 0 Å². The predicted molar refractivity (Wildman–Crippen MR) is 101 cm³/mol. The van der Waals surface area contributed by atoms with Crippen LogP contribution in [0.3, 0.4) is 0 Å². The molecule has 0 amide bonds. The van der Waals surface area contributed by atoms with Crippen molar-refractivity contribution in [3.63, 3.8) is 0 Å². The first-order valence-corrected chi connectivity index (χ1v) is 8.61. The number of fused-ring (bicyclic) bond motifs is 2. The second kappa shape index (κ2) is 6.17. The third-order valence-corrected chi connectivity index (χ3v) is 5.30. The Labute approximate surface area is 154 Å². The summed E-state index contributed by atoms with van der Waals surface area (Å²) < 4.78 is 0. The summed E-state index contributed by atoms with van der Waals surface area (Å²) in [4.78, 5) is 16.6. The number of nitrogens with zero attached hydrogens (tertiary/aromatic N) is 1. The van der Waals surface area contributed by atoms with E-state index in [0.717, 1.165) is 28.8 Å². The molecule has 124 valence electrons. The highest BCUT2D eigenvalue weighted by atomic mass is 35.5. The number of aromatic nitrogens is 1. The monoisotopic (exact) mass is 369 g/mol. The highest BCUT2D eigenvalue weighted by Gasteiger charge is 2.26. The Morgan fingerprint density at radius 3 is 2.68 bits per heavy atom. The number of hydrogen-bond donors (Lipinski definition) is 1. The fourth-order valence-electron chi connectivity index (χ4n) is 3.34. The van der Waals surface area contributed by atoms with Gasteiger partial charge >= 0.3 is 5.97 Å². The van der Waals surface area contributed by atoms with E-state index in [9.17, 15) is 9.90 Å². The van der Waals surface area contributed by atoms with Crippen LogP contribution in [-0.4, -0.2) is 16.1 Å². The van der Waals surface area contributed by atoms with Gasteiger partial charge < -0.3 is 5.11 Å². The molecular formula is C20H13Cl2NO2. The number of rotatable bonds is 2. The van der Waals surface area contributed by atoms with Crippen LogP contribution in [0.4, 0.5) is 0 Å². The van der Waals surface area contributed by atoms with E-state index in [2.05, 4.69) is 0 Å². The van der Waals surface area contributed by atoms with Crippen LogP contribution in [0.1, 0.15) is 33.6 Å². The van der Waals surface area contributed by atoms with Crippen molar-refractivity contribution in [2.24, 2.45) is 0 Å². The second-order valence-corrected chi connectivity index (χ2v) is 6.73. The van der Waals surface area contributed by atoms with Gasteiger partial charge in [0.15, 0.2) is 0 Å². The Bertz CT molecular complexity index is 1060. The molecule has 0 aliphatic heterocycles. The molecule has 1 heterocycles. The molecule has 3 nitrogen and oxygen atoms in total. The topological polar surface area (TPSA) is 50.2 Å². The summed E-state index contributed by atoms with van der Waals surface area (Å²) >= 11 is 12.4. The molecule has 3 aromatic rings. The zero-order valence-corrected chi connectivity index (χ0v) is 14.6. The molecule has 1 N–H and O–H groups in total. The van der Waals surface area contributed by atoms with Gasteiger partial charge in [0.1, 0.15) is 0 Å². The smallest absolute Gasteiger partial charge is 0.336 e. The minimum atomic E-state index is -0.920. The molecule has 0 fully saturated rings. The number of aromatic carboxylic acids is 1. The molecule has 5 heteroatoms. The summed E-state index contributed by atoms with van der Waals surface area (Å²) in [6, 6.07) is 12.8. The Hall–Kier alpha value is -2.36. The van der Waals surface area contributed by atoms with Crippen LogP contribution in [0.15, 0.2) is 42.5 Å². The molecule has 4 rings (SSSR count). The third kappa shape index (κ3) is 2.70. The minimum Gasteiger partial charge on any atom is -0.478 e. The lowest BCUT2D eigenvalue weighted by molar-refractivity contribution is 0.0698. The predicted octanol–water partition coefficient (Wildman–Crippen LogP) is 5.73. The number of hydrogen-bond acceptors (Lipinski definition) is 2. The fourth-order valence-corrected chi connectivity index (χ4v) is 3.71. The fraction of sp³-hybridized carbons (Fsp3) is 0.100. The molecule has 0 atom stereocenters. The van der Waals surface area contributed by atoms with Crippen molar-refractivity contribution in [2.45, 2.75) is 12.8 Å². The van der Waals surface area contributed by atoms with Crippen LogP contribution in [0.5, 0.6) is 0 Å². The van der Waals surface area contributed by atoms with Crippen molar-refractivity contribution in [1.29, 1.82) is 0 Å². The van der Waals surface area contributed by atoms with Crippen molar-refractivity contribution in [2.75, 3.05) is 0 Å². The third-order valence-electron chi connectivity index (χ3n) is 4.47. The van der Waals surface area contributed by atoms with Crippen molar-refractivity contribution in [3.8, 4) is 0 Å². The van der Waals surface area contributed by atoms with E-state index < -0.39 is 5.97 Å². The number of para-hydroxylation sites is 1. The first kappa shape index (κ1) is 16.1. The number of halogens is 2. The summed E-state index contributed by atoms with van der Waals surface area (Å²) in [6.07, 6.45) is 3.33. The van der Waals surface area contributed by atoms with E-state index in [1.54, 1.807) is 6.07 Å². The van der Waals surface area contributed by atoms with Crippen LogP contribution in [0.2, 0.25) is 10.0 Å². The maximum atomic E-state index is 11.9. The number of pyridine rings is 1. The van der Waals surface area contributed by atoms with Gasteiger partial charge in [0.2, 0.25) is 0 Å². The Balaban J connectivity index is 1.95. The zero-order chi connectivity index (χ0) is 17.6. The lowest BCUT2D eigenvalue weighted by Crippen LogP contribution is -2.05. The lowest BCUT2D eigenvalue weighted by Gasteiger charge is -2.09. The van der Waals surface area contributed by atoms with Gasteiger partial charge in [-0.2, -0.15) is 0 Å². The molecule has 1 aliphatic carbocycles. The normalized spacial score (nSPS) is 14.9. The zero-order valence-electron chi connectivity index (χ0n) is 13.1. The maximum Gasteiger partial charge on any atom is 0.336 e. The van der Waals surface area contributed by atoms with E-state index in [-0.39, 0.29) is 0 Å². The van der Waals surface area contributed by atoms with Gasteiger partial charge in [-0.05, 0) is 47.8 Å². The van der Waals surface area contributed by atoms with Gasteiger partial charge in [0.05, 0.1) is 26.8 Å². The Morgan fingerprint density at radius 1 is 1.08 bits per heavy atom. The highest BCUT2D eigenvalue weighted by Crippen LogP contribution is 2.38. The van der Waals surface area contributed by atoms with Gasteiger partial charge in [-0.25, -0.2) is 9.78 Å². The maximum absolute atomic E-state index is 11.9. The van der Waals surface area contributed by atoms with Crippen LogP contribution in [0, 0.1) is 0 Å². The van der Waals surface area contributed by atoms with E-state index in [1.807, 2.05) is 42.5 Å². The molecule has 0 spiro atoms. The van der Waals surface area contributed by atoms with E-state index >= 15 is 0 Å². The van der Waals surface area contributed by atoms with Gasteiger partial charge in [-0.3, -0.25) is 0 Å². The molecular weight excluding hydrogens is 357 g/mol. The van der Waals surface area contributed by atoms with Crippen LogP contribution >= 0.6 is 23.2 Å². The second-order valence-electron chi connectivity index (χ2n) is 5.95. The van der Waals surface area contributed by atoms with Gasteiger partial charge in [0, 0.05) is 5.39 Å². The Kier molecular flexibility index (Phi) is 3.98. The van der Waals surface area contributed by atoms with E-state index in [1.165, 1.54) is 0 Å². The van der Waals surface area contributed by atoms with Crippen LogP contribution < -0.4 is 0 Å². The van der Waals surface area contributed by atoms with Crippen LogP contribution in [0.25, 0.3) is 22.6 Å². The van der Waals surface area contributed by atoms with E-state index in [4.69, 9.17) is 28.2 Å². The van der Waals surface area contributed by atoms with Crippen molar-refractivity contribution in [1.82, 2.24) is 4.98 Å². The first-order chi connectivity index (χ1) is 12.1. The van der Waals surface area contributed by atoms with Crippen molar-refractivity contribution < 1.29 is 9.90 Å². The molecule has 0 saturated carbocycles. The molecule has 25 heavy (non-hydrogen) atoms. The van der Waals surface area contributed by atoms with E-state index in [0.29, 0.717) is 32.9 Å². The quantitative estimate of drug-likeness (QED) is 0.627. The molecule has 1 aliphatic rings. The first-order valence-electron chi connectivity index (χ1n) is 7.86. The summed E-state index contributed by atoms with van der Waals surface area (Å²) in [6.45, 7) is 0. The average Bonchev–Trinajstić information content (AvgIpc) is 2.99. The van der Waals surface area contributed by atoms with Crippen molar-refractivity contribution >= 4 is 51.7 Å². The van der Waals surface area contributed by atoms with Crippen molar-refractivity contribution in [3.05, 3.63) is 74.9 Å². The Morgan fingerprint density at radius 2 is 1.88 bits per heavy atom. The molecule has 0 unspecified atom stereocenters. The molecule has 0 radical (unpaired) electrons. The summed E-state index contributed by atoms with van der Waals surface area (Å²) in [5.74, 6) is -0.920. The standard InChI is InChI=1S/C20H13Cl2NO2/c21-15-6-3-4-11(18(15)22)10-12-8-9-14-17(20(24)25)13-5-1-2-7-16(13)23-19(12)14/h1-7,10H,8-9H2,(H,24,25)/b12-10+. The number of carbonyl (C=O) groups is 1. The molecule has 2 aromatic carbocycles. The highest BCUT2D eigenvalue weighted by molar-refractivity contribution is 6.43. The summed E-state index contributed by atoms with van der Waals surface area (Å²) in [7, 11) is 0. The number of carboxylic acid groups (broad SMARTS) is 1. The molecule has 0 bridgehead atoms. The van der Waals surface area contributed by atoms with Gasteiger partial charge in [-0.1, -0.05) is 53.5 Å². The number of allylic oxidation sites excluding steroid dienone is 1. The minimum absolute atomic E-state index is 0.348. The van der Waals surface area contributed by atoms with Gasteiger partial charge in [-0.15, -0.1) is 0 Å². The lowest BCUT2D eigenvalue weighted by atomic mass is 10.0. The number of carboxylic acids is 1. The number of benzene rings is 2. The van der Waals surface area contributed by atoms with Crippen LogP contribution in [-0.2, 0) is 6.42 Å². The molecule has 0 saturated heterocycles. The largest absolute Gasteiger partial charge is 0.478 e. The SMILES string of the molecule is O=C(O)c1c2c(nc3ccccc13)/C(=C/c1cccc(Cl)c1Cl)CC2. The molecule has 1 aromatic heterocycles.